The lowest BCUT2D eigenvalue weighted by Gasteiger charge is -2.08. The quantitative estimate of drug-likeness (QED) is 0.823. The van der Waals surface area contributed by atoms with Crippen LogP contribution in [-0.2, 0) is 11.8 Å². The van der Waals surface area contributed by atoms with E-state index in [9.17, 15) is 4.79 Å². The van der Waals surface area contributed by atoms with Gasteiger partial charge in [0.2, 0.25) is 0 Å². The first-order valence-electron chi connectivity index (χ1n) is 7.03. The molecule has 0 fully saturated rings. The second kappa shape index (κ2) is 6.57. The van der Waals surface area contributed by atoms with E-state index in [1.54, 1.807) is 0 Å². The maximum Gasteiger partial charge on any atom is 0.251 e. The summed E-state index contributed by atoms with van der Waals surface area (Å²) >= 11 is 0. The van der Waals surface area contributed by atoms with Gasteiger partial charge in [-0.15, -0.1) is 0 Å². The summed E-state index contributed by atoms with van der Waals surface area (Å²) in [4.78, 5) is 12.1. The fourth-order valence-corrected chi connectivity index (χ4v) is 2.10. The summed E-state index contributed by atoms with van der Waals surface area (Å²) in [7, 11) is 1.98. The SMILES string of the molecule is CC(C)OCCCNC(=O)c1ccc2ccn(C)c2c1. The zero-order valence-corrected chi connectivity index (χ0v) is 12.3. The Labute approximate surface area is 119 Å². The Kier molecular flexibility index (Phi) is 4.79. The van der Waals surface area contributed by atoms with Crippen LogP contribution in [0.5, 0.6) is 0 Å². The van der Waals surface area contributed by atoms with Crippen molar-refractivity contribution in [3.8, 4) is 0 Å². The molecule has 4 heteroatoms. The summed E-state index contributed by atoms with van der Waals surface area (Å²) in [5, 5.41) is 4.07. The molecule has 1 amide bonds. The average molecular weight is 274 g/mol. The van der Waals surface area contributed by atoms with Crippen LogP contribution in [0, 0.1) is 0 Å². The highest BCUT2D eigenvalue weighted by atomic mass is 16.5. The van der Waals surface area contributed by atoms with Gasteiger partial charge in [0.05, 0.1) is 6.10 Å². The molecule has 0 aliphatic heterocycles. The number of carbonyl (C=O) groups excluding carboxylic acids is 1. The predicted molar refractivity (Wildman–Crippen MR) is 81.0 cm³/mol. The Morgan fingerprint density at radius 2 is 2.15 bits per heavy atom. The van der Waals surface area contributed by atoms with Gasteiger partial charge in [-0.05, 0) is 43.9 Å². The van der Waals surface area contributed by atoms with Gasteiger partial charge in [-0.2, -0.15) is 0 Å². The number of nitrogens with zero attached hydrogens (tertiary/aromatic N) is 1. The molecule has 0 radical (unpaired) electrons. The molecular formula is C16H22N2O2. The van der Waals surface area contributed by atoms with Crippen molar-refractivity contribution in [2.75, 3.05) is 13.2 Å². The van der Waals surface area contributed by atoms with Gasteiger partial charge in [-0.3, -0.25) is 4.79 Å². The largest absolute Gasteiger partial charge is 0.379 e. The Morgan fingerprint density at radius 1 is 1.35 bits per heavy atom. The zero-order chi connectivity index (χ0) is 14.5. The summed E-state index contributed by atoms with van der Waals surface area (Å²) in [5.74, 6) is -0.0300. The van der Waals surface area contributed by atoms with Crippen molar-refractivity contribution in [1.82, 2.24) is 9.88 Å². The molecule has 0 aliphatic rings. The predicted octanol–water partition coefficient (Wildman–Crippen LogP) is 2.72. The monoisotopic (exact) mass is 274 g/mol. The maximum atomic E-state index is 12.1. The van der Waals surface area contributed by atoms with E-state index >= 15 is 0 Å². The van der Waals surface area contributed by atoms with Crippen molar-refractivity contribution >= 4 is 16.8 Å². The summed E-state index contributed by atoms with van der Waals surface area (Å²) in [5.41, 5.74) is 1.77. The van der Waals surface area contributed by atoms with E-state index in [2.05, 4.69) is 5.32 Å². The Morgan fingerprint density at radius 3 is 2.90 bits per heavy atom. The first-order chi connectivity index (χ1) is 9.58. The van der Waals surface area contributed by atoms with E-state index in [0.717, 1.165) is 17.3 Å². The third kappa shape index (κ3) is 3.61. The summed E-state index contributed by atoms with van der Waals surface area (Å²) < 4.78 is 7.45. The van der Waals surface area contributed by atoms with E-state index in [-0.39, 0.29) is 12.0 Å². The number of rotatable bonds is 6. The van der Waals surface area contributed by atoms with Crippen LogP contribution >= 0.6 is 0 Å². The second-order valence-corrected chi connectivity index (χ2v) is 5.23. The number of nitrogens with one attached hydrogen (secondary N) is 1. The van der Waals surface area contributed by atoms with Crippen molar-refractivity contribution < 1.29 is 9.53 Å². The van der Waals surface area contributed by atoms with Crippen LogP contribution in [0.1, 0.15) is 30.6 Å². The number of benzene rings is 1. The van der Waals surface area contributed by atoms with Crippen molar-refractivity contribution in [2.24, 2.45) is 7.05 Å². The Bertz CT molecular complexity index is 587. The standard InChI is InChI=1S/C16H22N2O2/c1-12(2)20-10-4-8-17-16(19)14-6-5-13-7-9-18(3)15(13)11-14/h5-7,9,11-12H,4,8,10H2,1-3H3,(H,17,19). The van der Waals surface area contributed by atoms with Crippen LogP contribution < -0.4 is 5.32 Å². The van der Waals surface area contributed by atoms with Crippen LogP contribution in [0.4, 0.5) is 0 Å². The van der Waals surface area contributed by atoms with E-state index in [1.807, 2.05) is 55.9 Å². The highest BCUT2D eigenvalue weighted by Gasteiger charge is 2.07. The Balaban J connectivity index is 1.89. The molecule has 4 nitrogen and oxygen atoms in total. The lowest BCUT2D eigenvalue weighted by molar-refractivity contribution is 0.0757. The van der Waals surface area contributed by atoms with Crippen LogP contribution in [0.2, 0.25) is 0 Å². The maximum absolute atomic E-state index is 12.1. The van der Waals surface area contributed by atoms with Crippen LogP contribution in [-0.4, -0.2) is 29.7 Å². The number of aromatic nitrogens is 1. The fourth-order valence-electron chi connectivity index (χ4n) is 2.10. The number of carbonyl (C=O) groups is 1. The lowest BCUT2D eigenvalue weighted by atomic mass is 10.1. The van der Waals surface area contributed by atoms with Gasteiger partial charge in [0, 0.05) is 37.5 Å². The lowest BCUT2D eigenvalue weighted by Crippen LogP contribution is -2.25. The molecule has 0 aliphatic carbocycles. The number of hydrogen-bond donors (Lipinski definition) is 1. The number of ether oxygens (including phenoxy) is 1. The molecule has 0 saturated heterocycles. The third-order valence-electron chi connectivity index (χ3n) is 3.21. The first kappa shape index (κ1) is 14.6. The zero-order valence-electron chi connectivity index (χ0n) is 12.3. The Hall–Kier alpha value is -1.81. The molecule has 20 heavy (non-hydrogen) atoms. The van der Waals surface area contributed by atoms with Gasteiger partial charge >= 0.3 is 0 Å². The van der Waals surface area contributed by atoms with Gasteiger partial charge in [0.15, 0.2) is 0 Å². The highest BCUT2D eigenvalue weighted by molar-refractivity contribution is 5.98. The number of hydrogen-bond acceptors (Lipinski definition) is 2. The van der Waals surface area contributed by atoms with Crippen LogP contribution in [0.3, 0.4) is 0 Å². The molecule has 1 aromatic heterocycles. The van der Waals surface area contributed by atoms with E-state index < -0.39 is 0 Å². The highest BCUT2D eigenvalue weighted by Crippen LogP contribution is 2.16. The molecule has 2 rings (SSSR count). The molecule has 108 valence electrons. The smallest absolute Gasteiger partial charge is 0.251 e. The normalized spacial score (nSPS) is 11.2. The van der Waals surface area contributed by atoms with Gasteiger partial charge in [0.25, 0.3) is 5.91 Å². The van der Waals surface area contributed by atoms with E-state index in [1.165, 1.54) is 0 Å². The number of aryl methyl sites for hydroxylation is 1. The summed E-state index contributed by atoms with van der Waals surface area (Å²) in [6, 6.07) is 7.81. The average Bonchev–Trinajstić information content (AvgIpc) is 2.79. The number of fused-ring (bicyclic) bond motifs is 1. The molecule has 0 spiro atoms. The topological polar surface area (TPSA) is 43.3 Å². The molecule has 2 aromatic rings. The second-order valence-electron chi connectivity index (χ2n) is 5.23. The molecule has 0 saturated carbocycles. The van der Waals surface area contributed by atoms with E-state index in [4.69, 9.17) is 4.74 Å². The minimum atomic E-state index is -0.0300. The molecule has 0 atom stereocenters. The summed E-state index contributed by atoms with van der Waals surface area (Å²) in [6.07, 6.45) is 3.07. The van der Waals surface area contributed by atoms with Crippen molar-refractivity contribution in [3.05, 3.63) is 36.0 Å². The third-order valence-corrected chi connectivity index (χ3v) is 3.21. The van der Waals surface area contributed by atoms with Crippen LogP contribution in [0.25, 0.3) is 10.9 Å². The van der Waals surface area contributed by atoms with Crippen molar-refractivity contribution in [1.29, 1.82) is 0 Å². The number of amides is 1. The molecule has 1 heterocycles. The molecule has 1 N–H and O–H groups in total. The molecule has 0 bridgehead atoms. The molecule has 1 aromatic carbocycles. The summed E-state index contributed by atoms with van der Waals surface area (Å²) in [6.45, 7) is 5.33. The first-order valence-corrected chi connectivity index (χ1v) is 7.03. The molecular weight excluding hydrogens is 252 g/mol. The minimum absolute atomic E-state index is 0.0300. The van der Waals surface area contributed by atoms with Gasteiger partial charge in [-0.25, -0.2) is 0 Å². The minimum Gasteiger partial charge on any atom is -0.379 e. The molecule has 0 unspecified atom stereocenters. The van der Waals surface area contributed by atoms with Crippen LogP contribution in [0.15, 0.2) is 30.5 Å². The van der Waals surface area contributed by atoms with Gasteiger partial charge < -0.3 is 14.6 Å². The van der Waals surface area contributed by atoms with Gasteiger partial charge in [-0.1, -0.05) is 6.07 Å². The van der Waals surface area contributed by atoms with Crippen molar-refractivity contribution in [3.63, 3.8) is 0 Å². The van der Waals surface area contributed by atoms with E-state index in [0.29, 0.717) is 18.7 Å². The fraction of sp³-hybridized carbons (Fsp3) is 0.438. The van der Waals surface area contributed by atoms with Gasteiger partial charge in [0.1, 0.15) is 0 Å². The van der Waals surface area contributed by atoms with Crippen molar-refractivity contribution in [2.45, 2.75) is 26.4 Å².